The molecule has 0 spiro atoms. The Bertz CT molecular complexity index is 482. The zero-order valence-electron chi connectivity index (χ0n) is 9.84. The first-order valence-electron chi connectivity index (χ1n) is 5.71. The third-order valence-corrected chi connectivity index (χ3v) is 2.60. The molecule has 0 aliphatic rings. The van der Waals surface area contributed by atoms with Crippen molar-refractivity contribution in [3.63, 3.8) is 0 Å². The van der Waals surface area contributed by atoms with Gasteiger partial charge in [0.1, 0.15) is 6.33 Å². The van der Waals surface area contributed by atoms with Crippen LogP contribution in [0.1, 0.15) is 28.6 Å². The molecule has 0 bridgehead atoms. The number of hydrogen-bond donors (Lipinski definition) is 3. The molecule has 4 N–H and O–H groups in total. The van der Waals surface area contributed by atoms with Crippen LogP contribution in [-0.2, 0) is 0 Å². The molecule has 18 heavy (non-hydrogen) atoms. The second kappa shape index (κ2) is 5.92. The lowest BCUT2D eigenvalue weighted by Gasteiger charge is -2.11. The Labute approximate surface area is 105 Å². The summed E-state index contributed by atoms with van der Waals surface area (Å²) in [7, 11) is 0. The average molecular weight is 245 g/mol. The maximum Gasteiger partial charge on any atom is 0.288 e. The van der Waals surface area contributed by atoms with Crippen molar-refractivity contribution in [2.45, 2.75) is 12.5 Å². The van der Waals surface area contributed by atoms with E-state index in [0.29, 0.717) is 13.0 Å². The fourth-order valence-electron chi connectivity index (χ4n) is 1.61. The number of benzene rings is 1. The van der Waals surface area contributed by atoms with E-state index in [1.807, 2.05) is 30.3 Å². The number of rotatable bonds is 5. The van der Waals surface area contributed by atoms with Gasteiger partial charge in [-0.1, -0.05) is 30.3 Å². The van der Waals surface area contributed by atoms with E-state index in [4.69, 9.17) is 5.73 Å². The molecule has 1 aromatic carbocycles. The summed E-state index contributed by atoms with van der Waals surface area (Å²) in [6, 6.07) is 9.71. The smallest absolute Gasteiger partial charge is 0.288 e. The fourth-order valence-corrected chi connectivity index (χ4v) is 1.61. The van der Waals surface area contributed by atoms with Gasteiger partial charge >= 0.3 is 0 Å². The van der Waals surface area contributed by atoms with Crippen LogP contribution >= 0.6 is 0 Å². The molecule has 1 heterocycles. The number of aromatic amines is 1. The molecule has 1 unspecified atom stereocenters. The van der Waals surface area contributed by atoms with E-state index in [1.165, 1.54) is 6.33 Å². The highest BCUT2D eigenvalue weighted by atomic mass is 16.2. The Kier molecular flexibility index (Phi) is 4.03. The number of hydrogen-bond acceptors (Lipinski definition) is 4. The van der Waals surface area contributed by atoms with Crippen LogP contribution in [0.25, 0.3) is 0 Å². The minimum atomic E-state index is -0.271. The van der Waals surface area contributed by atoms with Crippen molar-refractivity contribution in [1.82, 2.24) is 20.5 Å². The fraction of sp³-hybridized carbons (Fsp3) is 0.250. The number of nitrogens with zero attached hydrogens (tertiary/aromatic N) is 2. The van der Waals surface area contributed by atoms with E-state index >= 15 is 0 Å². The van der Waals surface area contributed by atoms with Gasteiger partial charge in [0.15, 0.2) is 0 Å². The summed E-state index contributed by atoms with van der Waals surface area (Å²) in [6.45, 7) is 0.496. The number of amides is 1. The topological polar surface area (TPSA) is 96.7 Å². The molecule has 1 aromatic heterocycles. The van der Waals surface area contributed by atoms with Crippen LogP contribution in [0, 0.1) is 0 Å². The SMILES string of the molecule is NC(CCNC(=O)c1ncn[nH]1)c1ccccc1. The summed E-state index contributed by atoms with van der Waals surface area (Å²) in [6.07, 6.45) is 1.97. The van der Waals surface area contributed by atoms with E-state index in [-0.39, 0.29) is 17.8 Å². The van der Waals surface area contributed by atoms with Crippen molar-refractivity contribution in [3.05, 3.63) is 48.0 Å². The lowest BCUT2D eigenvalue weighted by molar-refractivity contribution is 0.0942. The molecule has 0 radical (unpaired) electrons. The van der Waals surface area contributed by atoms with Crippen molar-refractivity contribution < 1.29 is 4.79 Å². The van der Waals surface area contributed by atoms with Crippen LogP contribution < -0.4 is 11.1 Å². The van der Waals surface area contributed by atoms with Gasteiger partial charge in [0.05, 0.1) is 0 Å². The van der Waals surface area contributed by atoms with Gasteiger partial charge in [0, 0.05) is 12.6 Å². The minimum Gasteiger partial charge on any atom is -0.349 e. The maximum absolute atomic E-state index is 11.5. The van der Waals surface area contributed by atoms with Crippen LogP contribution in [0.5, 0.6) is 0 Å². The van der Waals surface area contributed by atoms with Crippen LogP contribution in [0.4, 0.5) is 0 Å². The molecule has 1 amide bonds. The molecule has 0 aliphatic carbocycles. The number of nitrogens with two attached hydrogens (primary N) is 1. The summed E-state index contributed by atoms with van der Waals surface area (Å²) in [5.74, 6) is -0.0592. The third kappa shape index (κ3) is 3.14. The molecule has 0 aliphatic heterocycles. The van der Waals surface area contributed by atoms with Gasteiger partial charge in [-0.25, -0.2) is 4.98 Å². The van der Waals surface area contributed by atoms with Crippen LogP contribution in [-0.4, -0.2) is 27.6 Å². The summed E-state index contributed by atoms with van der Waals surface area (Å²) in [4.78, 5) is 15.3. The van der Waals surface area contributed by atoms with Crippen molar-refractivity contribution in [2.24, 2.45) is 5.73 Å². The first-order chi connectivity index (χ1) is 8.77. The van der Waals surface area contributed by atoms with Gasteiger partial charge in [-0.15, -0.1) is 0 Å². The van der Waals surface area contributed by atoms with Crippen molar-refractivity contribution in [2.75, 3.05) is 6.54 Å². The minimum absolute atomic E-state index is 0.0822. The first kappa shape index (κ1) is 12.3. The van der Waals surface area contributed by atoms with E-state index in [9.17, 15) is 4.79 Å². The largest absolute Gasteiger partial charge is 0.349 e. The summed E-state index contributed by atoms with van der Waals surface area (Å²) in [5, 5.41) is 8.85. The average Bonchev–Trinajstić information content (AvgIpc) is 2.93. The number of aromatic nitrogens is 3. The normalized spacial score (nSPS) is 12.1. The molecule has 2 rings (SSSR count). The number of carbonyl (C=O) groups is 1. The number of H-pyrrole nitrogens is 1. The second-order valence-corrected chi connectivity index (χ2v) is 3.90. The molecular weight excluding hydrogens is 230 g/mol. The quantitative estimate of drug-likeness (QED) is 0.719. The van der Waals surface area contributed by atoms with Gasteiger partial charge in [-0.2, -0.15) is 5.10 Å². The Hall–Kier alpha value is -2.21. The number of carbonyl (C=O) groups excluding carboxylic acids is 1. The van der Waals surface area contributed by atoms with E-state index in [1.54, 1.807) is 0 Å². The zero-order chi connectivity index (χ0) is 12.8. The predicted octanol–water partition coefficient (Wildman–Crippen LogP) is 0.625. The monoisotopic (exact) mass is 245 g/mol. The summed E-state index contributed by atoms with van der Waals surface area (Å²) < 4.78 is 0. The summed E-state index contributed by atoms with van der Waals surface area (Å²) >= 11 is 0. The van der Waals surface area contributed by atoms with Gasteiger partial charge in [0.25, 0.3) is 5.91 Å². The lowest BCUT2D eigenvalue weighted by Crippen LogP contribution is -2.28. The highest BCUT2D eigenvalue weighted by Crippen LogP contribution is 2.12. The Morgan fingerprint density at radius 1 is 1.39 bits per heavy atom. The molecule has 94 valence electrons. The van der Waals surface area contributed by atoms with E-state index in [2.05, 4.69) is 20.5 Å². The third-order valence-electron chi connectivity index (χ3n) is 2.60. The molecule has 0 saturated heterocycles. The highest BCUT2D eigenvalue weighted by molar-refractivity contribution is 5.90. The highest BCUT2D eigenvalue weighted by Gasteiger charge is 2.09. The summed E-state index contributed by atoms with van der Waals surface area (Å²) in [5.41, 5.74) is 7.07. The van der Waals surface area contributed by atoms with Crippen molar-refractivity contribution in [3.8, 4) is 0 Å². The number of nitrogens with one attached hydrogen (secondary N) is 2. The van der Waals surface area contributed by atoms with E-state index in [0.717, 1.165) is 5.56 Å². The molecule has 0 saturated carbocycles. The molecule has 0 fully saturated rings. The molecule has 1 atom stereocenters. The Balaban J connectivity index is 1.77. The van der Waals surface area contributed by atoms with Crippen LogP contribution in [0.15, 0.2) is 36.7 Å². The first-order valence-corrected chi connectivity index (χ1v) is 5.71. The predicted molar refractivity (Wildman–Crippen MR) is 66.7 cm³/mol. The van der Waals surface area contributed by atoms with Crippen LogP contribution in [0.3, 0.4) is 0 Å². The van der Waals surface area contributed by atoms with Gasteiger partial charge in [-0.05, 0) is 12.0 Å². The lowest BCUT2D eigenvalue weighted by atomic mass is 10.1. The molecular formula is C12H15N5O. The second-order valence-electron chi connectivity index (χ2n) is 3.90. The molecule has 6 nitrogen and oxygen atoms in total. The van der Waals surface area contributed by atoms with Gasteiger partial charge in [-0.3, -0.25) is 9.89 Å². The molecule has 6 heteroatoms. The van der Waals surface area contributed by atoms with Crippen molar-refractivity contribution in [1.29, 1.82) is 0 Å². The van der Waals surface area contributed by atoms with Gasteiger partial charge in [0.2, 0.25) is 5.82 Å². The van der Waals surface area contributed by atoms with Crippen LogP contribution in [0.2, 0.25) is 0 Å². The molecule has 2 aromatic rings. The maximum atomic E-state index is 11.5. The van der Waals surface area contributed by atoms with Crippen molar-refractivity contribution >= 4 is 5.91 Å². The van der Waals surface area contributed by atoms with Gasteiger partial charge < -0.3 is 11.1 Å². The standard InChI is InChI=1S/C12H15N5O/c13-10(9-4-2-1-3-5-9)6-7-14-12(18)11-15-8-16-17-11/h1-5,8,10H,6-7,13H2,(H,14,18)(H,15,16,17). The zero-order valence-corrected chi connectivity index (χ0v) is 9.84. The Morgan fingerprint density at radius 3 is 2.83 bits per heavy atom. The van der Waals surface area contributed by atoms with E-state index < -0.39 is 0 Å². The Morgan fingerprint density at radius 2 is 2.17 bits per heavy atom.